The van der Waals surface area contributed by atoms with Crippen molar-refractivity contribution in [2.45, 2.75) is 46.5 Å². The highest BCUT2D eigenvalue weighted by Gasteiger charge is 2.53. The minimum Gasteiger partial charge on any atom is -0.210 e. The van der Waals surface area contributed by atoms with E-state index in [-0.39, 0.29) is 5.41 Å². The molecule has 0 spiro atoms. The van der Waals surface area contributed by atoms with Gasteiger partial charge in [0, 0.05) is 5.41 Å². The lowest BCUT2D eigenvalue weighted by Gasteiger charge is -2.50. The van der Waals surface area contributed by atoms with Crippen LogP contribution >= 0.6 is 0 Å². The summed E-state index contributed by atoms with van der Waals surface area (Å²) < 4.78 is 25.3. The maximum Gasteiger partial charge on any atom is 0.244 e. The van der Waals surface area contributed by atoms with E-state index in [0.29, 0.717) is 12.8 Å². The quantitative estimate of drug-likeness (QED) is 0.553. The fourth-order valence-electron chi connectivity index (χ4n) is 1.85. The Balaban J connectivity index is 2.76. The van der Waals surface area contributed by atoms with E-state index >= 15 is 0 Å². The first-order valence-electron chi connectivity index (χ1n) is 4.18. The first kappa shape index (κ1) is 8.95. The van der Waals surface area contributed by atoms with Gasteiger partial charge in [-0.1, -0.05) is 27.2 Å². The van der Waals surface area contributed by atoms with E-state index in [1.807, 2.05) is 20.8 Å². The van der Waals surface area contributed by atoms with Crippen LogP contribution in [0.1, 0.15) is 40.0 Å². The summed E-state index contributed by atoms with van der Waals surface area (Å²) in [6.07, 6.45) is 0.237. The highest BCUT2D eigenvalue weighted by Crippen LogP contribution is 2.57. The SMILES string of the molecule is CC(C)(C)C1(C(F)F)CCC1. The lowest BCUT2D eigenvalue weighted by molar-refractivity contribution is -0.131. The highest BCUT2D eigenvalue weighted by molar-refractivity contribution is 4.98. The van der Waals surface area contributed by atoms with Gasteiger partial charge in [-0.25, -0.2) is 8.78 Å². The average molecular weight is 162 g/mol. The van der Waals surface area contributed by atoms with E-state index < -0.39 is 11.8 Å². The Morgan fingerprint density at radius 2 is 1.64 bits per heavy atom. The van der Waals surface area contributed by atoms with Gasteiger partial charge < -0.3 is 0 Å². The molecule has 0 atom stereocenters. The summed E-state index contributed by atoms with van der Waals surface area (Å²) in [5.41, 5.74) is -0.910. The van der Waals surface area contributed by atoms with Gasteiger partial charge in [-0.05, 0) is 18.3 Å². The van der Waals surface area contributed by atoms with E-state index in [0.717, 1.165) is 6.42 Å². The number of alkyl halides is 2. The Kier molecular flexibility index (Phi) is 1.97. The summed E-state index contributed by atoms with van der Waals surface area (Å²) >= 11 is 0. The van der Waals surface area contributed by atoms with Crippen molar-refractivity contribution in [2.24, 2.45) is 10.8 Å². The van der Waals surface area contributed by atoms with Gasteiger partial charge in [0.05, 0.1) is 0 Å². The van der Waals surface area contributed by atoms with Crippen LogP contribution in [0.4, 0.5) is 8.78 Å². The summed E-state index contributed by atoms with van der Waals surface area (Å²) in [6.45, 7) is 5.74. The van der Waals surface area contributed by atoms with Crippen LogP contribution in [0.5, 0.6) is 0 Å². The van der Waals surface area contributed by atoms with E-state index in [2.05, 4.69) is 0 Å². The maximum absolute atomic E-state index is 12.6. The summed E-state index contributed by atoms with van der Waals surface area (Å²) in [4.78, 5) is 0. The molecule has 0 radical (unpaired) electrons. The molecule has 0 saturated heterocycles. The normalized spacial score (nSPS) is 23.5. The average Bonchev–Trinajstić information content (AvgIpc) is 1.52. The maximum atomic E-state index is 12.6. The lowest BCUT2D eigenvalue weighted by atomic mass is 9.55. The van der Waals surface area contributed by atoms with E-state index in [1.165, 1.54) is 0 Å². The van der Waals surface area contributed by atoms with Crippen molar-refractivity contribution in [1.82, 2.24) is 0 Å². The summed E-state index contributed by atoms with van der Waals surface area (Å²) in [7, 11) is 0. The number of hydrogen-bond acceptors (Lipinski definition) is 0. The predicted octanol–water partition coefficient (Wildman–Crippen LogP) is 3.47. The van der Waals surface area contributed by atoms with Crippen LogP contribution in [0.3, 0.4) is 0 Å². The molecule has 0 nitrogen and oxygen atoms in total. The molecule has 0 heterocycles. The fourth-order valence-corrected chi connectivity index (χ4v) is 1.85. The van der Waals surface area contributed by atoms with Gasteiger partial charge >= 0.3 is 0 Å². The predicted molar refractivity (Wildman–Crippen MR) is 41.7 cm³/mol. The monoisotopic (exact) mass is 162 g/mol. The molecule has 2 heteroatoms. The van der Waals surface area contributed by atoms with Crippen molar-refractivity contribution < 1.29 is 8.78 Å². The fraction of sp³-hybridized carbons (Fsp3) is 1.00. The van der Waals surface area contributed by atoms with E-state index in [1.54, 1.807) is 0 Å². The first-order chi connectivity index (χ1) is 4.90. The molecule has 1 aliphatic carbocycles. The van der Waals surface area contributed by atoms with Crippen LogP contribution in [0.25, 0.3) is 0 Å². The van der Waals surface area contributed by atoms with Crippen LogP contribution in [-0.4, -0.2) is 6.43 Å². The molecular weight excluding hydrogens is 146 g/mol. The first-order valence-corrected chi connectivity index (χ1v) is 4.18. The van der Waals surface area contributed by atoms with Crippen molar-refractivity contribution in [1.29, 1.82) is 0 Å². The molecule has 66 valence electrons. The van der Waals surface area contributed by atoms with Crippen LogP contribution in [-0.2, 0) is 0 Å². The molecule has 0 aliphatic heterocycles. The van der Waals surface area contributed by atoms with Crippen molar-refractivity contribution in [3.8, 4) is 0 Å². The summed E-state index contributed by atoms with van der Waals surface area (Å²) in [6, 6.07) is 0. The van der Waals surface area contributed by atoms with Crippen LogP contribution in [0, 0.1) is 10.8 Å². The summed E-state index contributed by atoms with van der Waals surface area (Å²) in [5.74, 6) is 0. The van der Waals surface area contributed by atoms with Gasteiger partial charge in [-0.2, -0.15) is 0 Å². The second kappa shape index (κ2) is 2.43. The van der Waals surface area contributed by atoms with Crippen molar-refractivity contribution in [2.75, 3.05) is 0 Å². The molecule has 0 N–H and O–H groups in total. The molecule has 1 fully saturated rings. The minimum atomic E-state index is -2.14. The Morgan fingerprint density at radius 3 is 1.64 bits per heavy atom. The Bertz CT molecular complexity index is 140. The van der Waals surface area contributed by atoms with Gasteiger partial charge in [0.2, 0.25) is 6.43 Å². The number of halogens is 2. The standard InChI is InChI=1S/C9H16F2/c1-8(2,3)9(7(10)11)5-4-6-9/h7H,4-6H2,1-3H3. The number of hydrogen-bond donors (Lipinski definition) is 0. The molecular formula is C9H16F2. The molecule has 0 aromatic carbocycles. The van der Waals surface area contributed by atoms with E-state index in [9.17, 15) is 8.78 Å². The van der Waals surface area contributed by atoms with E-state index in [4.69, 9.17) is 0 Å². The Labute approximate surface area is 67.0 Å². The van der Waals surface area contributed by atoms with Crippen LogP contribution in [0.15, 0.2) is 0 Å². The molecule has 0 bridgehead atoms. The highest BCUT2D eigenvalue weighted by atomic mass is 19.3. The third-order valence-corrected chi connectivity index (χ3v) is 3.16. The third kappa shape index (κ3) is 1.17. The zero-order valence-electron chi connectivity index (χ0n) is 7.45. The lowest BCUT2D eigenvalue weighted by Crippen LogP contribution is -2.47. The second-order valence-corrected chi connectivity index (χ2v) is 4.56. The van der Waals surface area contributed by atoms with Gasteiger partial charge in [0.15, 0.2) is 0 Å². The largest absolute Gasteiger partial charge is 0.244 e. The number of rotatable bonds is 1. The molecule has 0 unspecified atom stereocenters. The van der Waals surface area contributed by atoms with Crippen LogP contribution in [0.2, 0.25) is 0 Å². The molecule has 1 rings (SSSR count). The third-order valence-electron chi connectivity index (χ3n) is 3.16. The molecule has 0 amide bonds. The van der Waals surface area contributed by atoms with Gasteiger partial charge in [0.1, 0.15) is 0 Å². The zero-order valence-corrected chi connectivity index (χ0v) is 7.45. The van der Waals surface area contributed by atoms with Crippen LogP contribution < -0.4 is 0 Å². The van der Waals surface area contributed by atoms with Gasteiger partial charge in [0.25, 0.3) is 0 Å². The van der Waals surface area contributed by atoms with Crippen molar-refractivity contribution in [3.05, 3.63) is 0 Å². The Hall–Kier alpha value is -0.140. The minimum absolute atomic E-state index is 0.237. The van der Waals surface area contributed by atoms with Gasteiger partial charge in [-0.15, -0.1) is 0 Å². The molecule has 0 aromatic heterocycles. The smallest absolute Gasteiger partial charge is 0.210 e. The molecule has 1 saturated carbocycles. The zero-order chi connectivity index (χ0) is 8.70. The van der Waals surface area contributed by atoms with Crippen molar-refractivity contribution in [3.63, 3.8) is 0 Å². The molecule has 11 heavy (non-hydrogen) atoms. The second-order valence-electron chi connectivity index (χ2n) is 4.56. The van der Waals surface area contributed by atoms with Gasteiger partial charge in [-0.3, -0.25) is 0 Å². The van der Waals surface area contributed by atoms with Crippen molar-refractivity contribution >= 4 is 0 Å². The molecule has 0 aromatic rings. The topological polar surface area (TPSA) is 0 Å². The summed E-state index contributed by atoms with van der Waals surface area (Å²) in [5, 5.41) is 0. The Morgan fingerprint density at radius 1 is 1.18 bits per heavy atom. The molecule has 1 aliphatic rings.